The summed E-state index contributed by atoms with van der Waals surface area (Å²) >= 11 is 11.8. The Hall–Kier alpha value is -2.63. The van der Waals surface area contributed by atoms with Crippen LogP contribution in [0.1, 0.15) is 11.6 Å². The highest BCUT2D eigenvalue weighted by atomic mass is 35.5. The molecule has 1 heterocycles. The van der Waals surface area contributed by atoms with Crippen LogP contribution in [0.2, 0.25) is 10.0 Å². The van der Waals surface area contributed by atoms with Gasteiger partial charge in [0, 0.05) is 27.4 Å². The normalized spacial score (nSPS) is 11.8. The standard InChI is InChI=1S/C19H14Cl2FN3O/c20-13-3-1-11(2-4-13)18(19(23)26)25-15-7-12(9-24-10-15)16-8-14(21)5-6-17(16)22/h1-10,18,25H,(H2,23,26). The fourth-order valence-electron chi connectivity index (χ4n) is 2.53. The zero-order chi connectivity index (χ0) is 18.7. The van der Waals surface area contributed by atoms with E-state index < -0.39 is 17.8 Å². The molecule has 1 atom stereocenters. The predicted octanol–water partition coefficient (Wildman–Crippen LogP) is 4.83. The number of nitrogens with two attached hydrogens (primary N) is 1. The molecule has 3 aromatic rings. The first-order valence-electron chi connectivity index (χ1n) is 7.66. The van der Waals surface area contributed by atoms with Gasteiger partial charge in [-0.05, 0) is 42.0 Å². The first-order valence-corrected chi connectivity index (χ1v) is 8.41. The molecule has 0 aliphatic rings. The third kappa shape index (κ3) is 4.12. The molecule has 3 N–H and O–H groups in total. The van der Waals surface area contributed by atoms with E-state index in [0.29, 0.717) is 32.4 Å². The maximum absolute atomic E-state index is 14.1. The highest BCUT2D eigenvalue weighted by Gasteiger charge is 2.18. The van der Waals surface area contributed by atoms with Gasteiger partial charge in [0.2, 0.25) is 5.91 Å². The lowest BCUT2D eigenvalue weighted by Crippen LogP contribution is -2.27. The highest BCUT2D eigenvalue weighted by molar-refractivity contribution is 6.31. The molecule has 0 saturated heterocycles. The number of amides is 1. The van der Waals surface area contributed by atoms with Gasteiger partial charge >= 0.3 is 0 Å². The van der Waals surface area contributed by atoms with Crippen molar-refractivity contribution in [2.45, 2.75) is 6.04 Å². The molecule has 4 nitrogen and oxygen atoms in total. The molecule has 0 aliphatic heterocycles. The minimum atomic E-state index is -0.784. The second-order valence-electron chi connectivity index (χ2n) is 5.62. The Bertz CT molecular complexity index is 948. The number of benzene rings is 2. The summed E-state index contributed by atoms with van der Waals surface area (Å²) in [6, 6.07) is 11.9. The van der Waals surface area contributed by atoms with Crippen molar-refractivity contribution in [2.24, 2.45) is 5.73 Å². The smallest absolute Gasteiger partial charge is 0.244 e. The lowest BCUT2D eigenvalue weighted by Gasteiger charge is -2.17. The maximum atomic E-state index is 14.1. The number of nitrogens with zero attached hydrogens (tertiary/aromatic N) is 1. The second-order valence-corrected chi connectivity index (χ2v) is 6.49. The van der Waals surface area contributed by atoms with Crippen LogP contribution in [0.5, 0.6) is 0 Å². The number of carbonyl (C=O) groups excluding carboxylic acids is 1. The number of carbonyl (C=O) groups is 1. The summed E-state index contributed by atoms with van der Waals surface area (Å²) in [5.74, 6) is -0.982. The van der Waals surface area contributed by atoms with Crippen LogP contribution in [0.4, 0.5) is 10.1 Å². The number of hydrogen-bond donors (Lipinski definition) is 2. The molecule has 1 aromatic heterocycles. The van der Waals surface area contributed by atoms with Crippen LogP contribution in [-0.4, -0.2) is 10.9 Å². The van der Waals surface area contributed by atoms with Crippen molar-refractivity contribution in [1.29, 1.82) is 0 Å². The van der Waals surface area contributed by atoms with E-state index in [0.717, 1.165) is 0 Å². The van der Waals surface area contributed by atoms with Gasteiger partial charge in [-0.3, -0.25) is 9.78 Å². The number of nitrogens with one attached hydrogen (secondary N) is 1. The van der Waals surface area contributed by atoms with E-state index in [1.165, 1.54) is 30.6 Å². The first kappa shape index (κ1) is 18.2. The summed E-state index contributed by atoms with van der Waals surface area (Å²) in [5.41, 5.74) is 7.52. The lowest BCUT2D eigenvalue weighted by molar-refractivity contribution is -0.118. The SMILES string of the molecule is NC(=O)C(Nc1cncc(-c2cc(Cl)ccc2F)c1)c1ccc(Cl)cc1. The minimum absolute atomic E-state index is 0.316. The van der Waals surface area contributed by atoms with Gasteiger partial charge < -0.3 is 11.1 Å². The Morgan fingerprint density at radius 3 is 2.42 bits per heavy atom. The monoisotopic (exact) mass is 389 g/mol. The number of aromatic nitrogens is 1. The molecular formula is C19H14Cl2FN3O. The fourth-order valence-corrected chi connectivity index (χ4v) is 2.82. The molecule has 0 bridgehead atoms. The molecule has 26 heavy (non-hydrogen) atoms. The van der Waals surface area contributed by atoms with Gasteiger partial charge in [-0.25, -0.2) is 4.39 Å². The van der Waals surface area contributed by atoms with E-state index in [-0.39, 0.29) is 0 Å². The van der Waals surface area contributed by atoms with Crippen molar-refractivity contribution in [1.82, 2.24) is 4.98 Å². The molecule has 1 unspecified atom stereocenters. The van der Waals surface area contributed by atoms with E-state index in [1.807, 2.05) is 0 Å². The minimum Gasteiger partial charge on any atom is -0.369 e. The van der Waals surface area contributed by atoms with Gasteiger partial charge in [-0.1, -0.05) is 35.3 Å². The second kappa shape index (κ2) is 7.72. The van der Waals surface area contributed by atoms with Gasteiger partial charge in [0.25, 0.3) is 0 Å². The molecular weight excluding hydrogens is 376 g/mol. The van der Waals surface area contributed by atoms with Gasteiger partial charge in [0.15, 0.2) is 0 Å². The van der Waals surface area contributed by atoms with E-state index in [4.69, 9.17) is 28.9 Å². The molecule has 0 radical (unpaired) electrons. The summed E-state index contributed by atoms with van der Waals surface area (Å²) in [4.78, 5) is 16.0. The van der Waals surface area contributed by atoms with E-state index >= 15 is 0 Å². The summed E-state index contributed by atoms with van der Waals surface area (Å²) in [6.07, 6.45) is 3.04. The molecule has 0 saturated carbocycles. The first-order chi connectivity index (χ1) is 12.4. The highest BCUT2D eigenvalue weighted by Crippen LogP contribution is 2.28. The topological polar surface area (TPSA) is 68.0 Å². The largest absolute Gasteiger partial charge is 0.369 e. The van der Waals surface area contributed by atoms with Crippen LogP contribution in [0.25, 0.3) is 11.1 Å². The number of pyridine rings is 1. The molecule has 3 rings (SSSR count). The zero-order valence-electron chi connectivity index (χ0n) is 13.4. The molecule has 7 heteroatoms. The Morgan fingerprint density at radius 1 is 1.04 bits per heavy atom. The quantitative estimate of drug-likeness (QED) is 0.656. The van der Waals surface area contributed by atoms with Crippen LogP contribution in [0, 0.1) is 5.82 Å². The van der Waals surface area contributed by atoms with Crippen molar-refractivity contribution in [3.8, 4) is 11.1 Å². The van der Waals surface area contributed by atoms with E-state index in [2.05, 4.69) is 10.3 Å². The molecule has 0 aliphatic carbocycles. The number of halogens is 3. The Kier molecular flexibility index (Phi) is 5.40. The maximum Gasteiger partial charge on any atom is 0.244 e. The van der Waals surface area contributed by atoms with Gasteiger partial charge in [0.1, 0.15) is 11.9 Å². The summed E-state index contributed by atoms with van der Waals surface area (Å²) < 4.78 is 14.1. The van der Waals surface area contributed by atoms with Gasteiger partial charge in [0.05, 0.1) is 11.9 Å². The molecule has 0 spiro atoms. The van der Waals surface area contributed by atoms with E-state index in [1.54, 1.807) is 30.3 Å². The number of rotatable bonds is 5. The molecule has 1 amide bonds. The average Bonchev–Trinajstić information content (AvgIpc) is 2.63. The Morgan fingerprint density at radius 2 is 1.73 bits per heavy atom. The fraction of sp³-hybridized carbons (Fsp3) is 0.0526. The van der Waals surface area contributed by atoms with Crippen LogP contribution in [0.15, 0.2) is 60.9 Å². The van der Waals surface area contributed by atoms with Crippen LogP contribution in [-0.2, 0) is 4.79 Å². The summed E-state index contributed by atoms with van der Waals surface area (Å²) in [5, 5.41) is 3.99. The third-order valence-corrected chi connectivity index (χ3v) is 4.26. The Balaban J connectivity index is 1.93. The Labute approximate surface area is 159 Å². The van der Waals surface area contributed by atoms with Gasteiger partial charge in [-0.15, -0.1) is 0 Å². The molecule has 2 aromatic carbocycles. The summed E-state index contributed by atoms with van der Waals surface area (Å²) in [7, 11) is 0. The van der Waals surface area contributed by atoms with E-state index in [9.17, 15) is 9.18 Å². The van der Waals surface area contributed by atoms with Crippen molar-refractivity contribution < 1.29 is 9.18 Å². The van der Waals surface area contributed by atoms with Crippen molar-refractivity contribution >= 4 is 34.8 Å². The van der Waals surface area contributed by atoms with Crippen LogP contribution in [0.3, 0.4) is 0 Å². The number of hydrogen-bond acceptors (Lipinski definition) is 3. The summed E-state index contributed by atoms with van der Waals surface area (Å²) in [6.45, 7) is 0. The van der Waals surface area contributed by atoms with Crippen LogP contribution < -0.4 is 11.1 Å². The number of anilines is 1. The van der Waals surface area contributed by atoms with Crippen LogP contribution >= 0.6 is 23.2 Å². The molecule has 132 valence electrons. The van der Waals surface area contributed by atoms with Crippen molar-refractivity contribution in [3.05, 3.63) is 82.4 Å². The van der Waals surface area contributed by atoms with Gasteiger partial charge in [-0.2, -0.15) is 0 Å². The lowest BCUT2D eigenvalue weighted by atomic mass is 10.0. The van der Waals surface area contributed by atoms with Crippen molar-refractivity contribution in [3.63, 3.8) is 0 Å². The number of primary amides is 1. The third-order valence-electron chi connectivity index (χ3n) is 3.78. The molecule has 0 fully saturated rings. The predicted molar refractivity (Wildman–Crippen MR) is 102 cm³/mol. The average molecular weight is 390 g/mol. The van der Waals surface area contributed by atoms with Crippen molar-refractivity contribution in [2.75, 3.05) is 5.32 Å². The zero-order valence-corrected chi connectivity index (χ0v) is 14.9.